The fourth-order valence-corrected chi connectivity index (χ4v) is 10.7. The SMILES string of the molecule is c1ccc(N(c2ccccc2)C2CCC3C(C2)C2CCCC4SC5CCCCC5N3C42)cc1. The standard InChI is InChI=1S/C30H38N2S/c1-3-10-21(11-4-1)31(22-12-5-2-6-13-22)23-18-19-26-25(20-23)24-14-9-17-29-30(24)32(26)27-15-7-8-16-28(27)33-29/h1-6,10-13,23-30H,7-9,14-20H2. The summed E-state index contributed by atoms with van der Waals surface area (Å²) in [7, 11) is 0. The second-order valence-corrected chi connectivity index (χ2v) is 12.8. The predicted molar refractivity (Wildman–Crippen MR) is 140 cm³/mol. The highest BCUT2D eigenvalue weighted by molar-refractivity contribution is 8.00. The van der Waals surface area contributed by atoms with Crippen molar-refractivity contribution in [3.63, 3.8) is 0 Å². The van der Waals surface area contributed by atoms with Crippen LogP contribution in [-0.4, -0.2) is 39.6 Å². The molecule has 8 unspecified atom stereocenters. The topological polar surface area (TPSA) is 6.48 Å². The van der Waals surface area contributed by atoms with Gasteiger partial charge in [0.25, 0.3) is 0 Å². The van der Waals surface area contributed by atoms with Gasteiger partial charge >= 0.3 is 0 Å². The molecule has 0 N–H and O–H groups in total. The first-order valence-corrected chi connectivity index (χ1v) is 14.6. The van der Waals surface area contributed by atoms with Crippen molar-refractivity contribution < 1.29 is 0 Å². The second-order valence-electron chi connectivity index (χ2n) is 11.3. The van der Waals surface area contributed by atoms with E-state index in [-0.39, 0.29) is 0 Å². The fourth-order valence-electron chi connectivity index (χ4n) is 8.67. The molecule has 5 fully saturated rings. The van der Waals surface area contributed by atoms with E-state index in [2.05, 4.69) is 82.2 Å². The number of benzene rings is 2. The summed E-state index contributed by atoms with van der Waals surface area (Å²) in [5, 5.41) is 1.85. The molecule has 8 atom stereocenters. The molecule has 3 saturated carbocycles. The number of nitrogens with zero attached hydrogens (tertiary/aromatic N) is 2. The second kappa shape index (κ2) is 8.64. The Morgan fingerprint density at radius 2 is 1.33 bits per heavy atom. The normalized spacial score (nSPS) is 39.9. The molecule has 2 aromatic rings. The van der Waals surface area contributed by atoms with Crippen LogP contribution in [-0.2, 0) is 0 Å². The number of thioether (sulfide) groups is 1. The van der Waals surface area contributed by atoms with Gasteiger partial charge in [-0.15, -0.1) is 0 Å². The maximum Gasteiger partial charge on any atom is 0.0413 e. The first-order chi connectivity index (χ1) is 16.4. The summed E-state index contributed by atoms with van der Waals surface area (Å²) >= 11 is 2.44. The van der Waals surface area contributed by atoms with Gasteiger partial charge in [0.2, 0.25) is 0 Å². The average molecular weight is 459 g/mol. The molecular formula is C30H38N2S. The summed E-state index contributed by atoms with van der Waals surface area (Å²) in [4.78, 5) is 5.87. The van der Waals surface area contributed by atoms with Crippen LogP contribution >= 0.6 is 11.8 Å². The van der Waals surface area contributed by atoms with Crippen LogP contribution in [0.25, 0.3) is 0 Å². The minimum atomic E-state index is 0.618. The monoisotopic (exact) mass is 458 g/mol. The van der Waals surface area contributed by atoms with E-state index in [1.54, 1.807) is 0 Å². The zero-order valence-corrected chi connectivity index (χ0v) is 20.6. The molecule has 33 heavy (non-hydrogen) atoms. The molecule has 2 nitrogen and oxygen atoms in total. The highest BCUT2D eigenvalue weighted by Gasteiger charge is 2.59. The Hall–Kier alpha value is -1.45. The van der Waals surface area contributed by atoms with Gasteiger partial charge < -0.3 is 4.90 Å². The summed E-state index contributed by atoms with van der Waals surface area (Å²) in [6.07, 6.45) is 14.4. The Balaban J connectivity index is 1.22. The molecule has 2 heterocycles. The quantitative estimate of drug-likeness (QED) is 0.477. The van der Waals surface area contributed by atoms with Crippen molar-refractivity contribution >= 4 is 23.1 Å². The van der Waals surface area contributed by atoms with Crippen LogP contribution in [0.4, 0.5) is 11.4 Å². The van der Waals surface area contributed by atoms with E-state index in [0.29, 0.717) is 6.04 Å². The molecule has 174 valence electrons. The maximum atomic E-state index is 3.19. The third-order valence-corrected chi connectivity index (χ3v) is 11.6. The van der Waals surface area contributed by atoms with Gasteiger partial charge in [-0.2, -0.15) is 11.8 Å². The van der Waals surface area contributed by atoms with Crippen molar-refractivity contribution in [3.8, 4) is 0 Å². The van der Waals surface area contributed by atoms with Crippen molar-refractivity contribution in [2.45, 2.75) is 98.9 Å². The number of hydrogen-bond acceptors (Lipinski definition) is 3. The average Bonchev–Trinajstić information content (AvgIpc) is 3.21. The van der Waals surface area contributed by atoms with Crippen LogP contribution in [0.1, 0.15) is 64.2 Å². The highest BCUT2D eigenvalue weighted by Crippen LogP contribution is 2.58. The summed E-state index contributed by atoms with van der Waals surface area (Å²) in [5.74, 6) is 1.84. The summed E-state index contributed by atoms with van der Waals surface area (Å²) in [5.41, 5.74) is 2.74. The molecule has 0 bridgehead atoms. The van der Waals surface area contributed by atoms with Crippen LogP contribution in [0, 0.1) is 11.8 Å². The molecular weight excluding hydrogens is 420 g/mol. The minimum absolute atomic E-state index is 0.618. The van der Waals surface area contributed by atoms with E-state index in [4.69, 9.17) is 0 Å². The molecule has 2 aliphatic heterocycles. The Labute approximate surface area is 204 Å². The summed E-state index contributed by atoms with van der Waals surface area (Å²) < 4.78 is 0. The van der Waals surface area contributed by atoms with Gasteiger partial charge in [-0.25, -0.2) is 0 Å². The van der Waals surface area contributed by atoms with E-state index in [1.807, 2.05) is 0 Å². The Morgan fingerprint density at radius 1 is 0.636 bits per heavy atom. The zero-order chi connectivity index (χ0) is 21.8. The largest absolute Gasteiger partial charge is 0.338 e. The number of rotatable bonds is 3. The van der Waals surface area contributed by atoms with Gasteiger partial charge in [0, 0.05) is 46.0 Å². The lowest BCUT2D eigenvalue weighted by Gasteiger charge is -2.53. The van der Waals surface area contributed by atoms with E-state index in [9.17, 15) is 0 Å². The molecule has 5 aliphatic rings. The Morgan fingerprint density at radius 3 is 2.09 bits per heavy atom. The van der Waals surface area contributed by atoms with Gasteiger partial charge in [0.1, 0.15) is 0 Å². The smallest absolute Gasteiger partial charge is 0.0413 e. The molecule has 2 saturated heterocycles. The molecule has 0 aromatic heterocycles. The first kappa shape index (κ1) is 20.9. The van der Waals surface area contributed by atoms with Gasteiger partial charge in [0.05, 0.1) is 0 Å². The minimum Gasteiger partial charge on any atom is -0.338 e. The van der Waals surface area contributed by atoms with Gasteiger partial charge in [-0.05, 0) is 81.0 Å². The van der Waals surface area contributed by atoms with Gasteiger partial charge in [0.15, 0.2) is 0 Å². The fraction of sp³-hybridized carbons (Fsp3) is 0.600. The molecule has 0 spiro atoms. The number of fused-ring (bicyclic) bond motifs is 5. The summed E-state index contributed by atoms with van der Waals surface area (Å²) in [6, 6.07) is 25.6. The zero-order valence-electron chi connectivity index (χ0n) is 19.8. The van der Waals surface area contributed by atoms with E-state index in [1.165, 1.54) is 75.6 Å². The Bertz CT molecular complexity index is 909. The van der Waals surface area contributed by atoms with Gasteiger partial charge in [-0.1, -0.05) is 55.7 Å². The highest BCUT2D eigenvalue weighted by atomic mass is 32.2. The molecule has 2 aromatic carbocycles. The van der Waals surface area contributed by atoms with E-state index in [0.717, 1.165) is 40.5 Å². The van der Waals surface area contributed by atoms with Crippen molar-refractivity contribution in [1.82, 2.24) is 4.90 Å². The van der Waals surface area contributed by atoms with Gasteiger partial charge in [-0.3, -0.25) is 4.90 Å². The molecule has 3 heteroatoms. The lowest BCUT2D eigenvalue weighted by molar-refractivity contribution is 0.0608. The van der Waals surface area contributed by atoms with E-state index < -0.39 is 0 Å². The summed E-state index contributed by atoms with van der Waals surface area (Å²) in [6.45, 7) is 0. The maximum absolute atomic E-state index is 3.19. The molecule has 0 amide bonds. The lowest BCUT2D eigenvalue weighted by Crippen LogP contribution is -2.59. The third kappa shape index (κ3) is 3.48. The Kier molecular flexibility index (Phi) is 5.47. The third-order valence-electron chi connectivity index (χ3n) is 9.79. The lowest BCUT2D eigenvalue weighted by atomic mass is 9.71. The first-order valence-electron chi connectivity index (χ1n) is 13.7. The number of anilines is 2. The molecule has 7 rings (SSSR count). The molecule has 0 radical (unpaired) electrons. The van der Waals surface area contributed by atoms with Crippen molar-refractivity contribution in [1.29, 1.82) is 0 Å². The van der Waals surface area contributed by atoms with E-state index >= 15 is 0 Å². The molecule has 3 aliphatic carbocycles. The van der Waals surface area contributed by atoms with Crippen LogP contribution in [0.15, 0.2) is 60.7 Å². The van der Waals surface area contributed by atoms with Crippen LogP contribution in [0.5, 0.6) is 0 Å². The number of para-hydroxylation sites is 2. The van der Waals surface area contributed by atoms with Crippen molar-refractivity contribution in [3.05, 3.63) is 60.7 Å². The number of hydrogen-bond donors (Lipinski definition) is 0. The van der Waals surface area contributed by atoms with Crippen LogP contribution in [0.3, 0.4) is 0 Å². The predicted octanol–water partition coefficient (Wildman–Crippen LogP) is 7.27. The van der Waals surface area contributed by atoms with Crippen molar-refractivity contribution in [2.75, 3.05) is 4.90 Å². The van der Waals surface area contributed by atoms with Crippen molar-refractivity contribution in [2.24, 2.45) is 11.8 Å². The van der Waals surface area contributed by atoms with Crippen LogP contribution in [0.2, 0.25) is 0 Å². The van der Waals surface area contributed by atoms with Crippen LogP contribution < -0.4 is 4.90 Å².